The zero-order valence-electron chi connectivity index (χ0n) is 15.3. The van der Waals surface area contributed by atoms with Crippen LogP contribution < -0.4 is 14.8 Å². The number of benzene rings is 1. The lowest BCUT2D eigenvalue weighted by atomic mass is 9.95. The Kier molecular flexibility index (Phi) is 5.38. The van der Waals surface area contributed by atoms with Gasteiger partial charge in [-0.15, -0.1) is 0 Å². The van der Waals surface area contributed by atoms with Gasteiger partial charge in [0.05, 0.1) is 13.7 Å². The quantitative estimate of drug-likeness (QED) is 0.813. The number of nitrogens with one attached hydrogen (secondary N) is 1. The highest BCUT2D eigenvalue weighted by Gasteiger charge is 2.52. The first-order valence-electron chi connectivity index (χ1n) is 8.52. The maximum atomic E-state index is 11.6. The van der Waals surface area contributed by atoms with Gasteiger partial charge in [0.25, 0.3) is 0 Å². The van der Waals surface area contributed by atoms with Crippen LogP contribution in [0.2, 0.25) is 0 Å². The van der Waals surface area contributed by atoms with Crippen LogP contribution in [0.25, 0.3) is 0 Å². The summed E-state index contributed by atoms with van der Waals surface area (Å²) >= 11 is 0. The van der Waals surface area contributed by atoms with E-state index in [0.29, 0.717) is 11.5 Å². The molecule has 0 aromatic heterocycles. The number of amides is 1. The molecule has 8 heteroatoms. The maximum Gasteiger partial charge on any atom is 0.223 e. The molecule has 2 aliphatic heterocycles. The maximum absolute atomic E-state index is 11.6. The fraction of sp³-hybridized carbons (Fsp3) is 0.611. The fourth-order valence-corrected chi connectivity index (χ4v) is 3.14. The molecule has 1 amide bonds. The Labute approximate surface area is 152 Å². The lowest BCUT2D eigenvalue weighted by molar-refractivity contribution is -0.361. The van der Waals surface area contributed by atoms with Crippen LogP contribution in [0.15, 0.2) is 24.3 Å². The van der Waals surface area contributed by atoms with Crippen LogP contribution in [0.4, 0.5) is 0 Å². The number of carbonyl (C=O) groups excluding carboxylic acids is 1. The number of methoxy groups -OCH3 is 1. The van der Waals surface area contributed by atoms with Gasteiger partial charge in [-0.05, 0) is 26.0 Å². The Hall–Kier alpha value is -1.87. The summed E-state index contributed by atoms with van der Waals surface area (Å²) in [6, 6.07) is 6.21. The molecule has 0 aliphatic carbocycles. The molecule has 0 radical (unpaired) electrons. The van der Waals surface area contributed by atoms with Crippen molar-refractivity contribution in [2.24, 2.45) is 0 Å². The molecule has 0 spiro atoms. The highest BCUT2D eigenvalue weighted by molar-refractivity contribution is 5.73. The third-order valence-electron chi connectivity index (χ3n) is 4.35. The van der Waals surface area contributed by atoms with Gasteiger partial charge in [0.2, 0.25) is 12.2 Å². The van der Waals surface area contributed by atoms with E-state index in [1.54, 1.807) is 45.2 Å². The molecule has 2 heterocycles. The van der Waals surface area contributed by atoms with E-state index in [-0.39, 0.29) is 12.5 Å². The number of aliphatic hydroxyl groups is 1. The highest BCUT2D eigenvalue weighted by Crippen LogP contribution is 2.33. The summed E-state index contributed by atoms with van der Waals surface area (Å²) in [6.45, 7) is 5.15. The van der Waals surface area contributed by atoms with Gasteiger partial charge in [-0.3, -0.25) is 4.79 Å². The minimum Gasteiger partial charge on any atom is -0.497 e. The highest BCUT2D eigenvalue weighted by atomic mass is 16.8. The number of fused-ring (bicyclic) bond motifs is 1. The van der Waals surface area contributed by atoms with Crippen LogP contribution in [0.3, 0.4) is 0 Å². The number of hydrogen-bond acceptors (Lipinski definition) is 7. The standard InChI is InChI=1S/C18H25NO7/c1-10(20)19-14-15(21)16-13(9-23-18(2,3)26-16)25-17(14)24-12-7-5-6-11(8-12)22-4/h5-8,13-17,21H,9H2,1-4H3,(H,19,20)/t13-,14-,15+,16+,17-/m1/s1. The lowest BCUT2D eigenvalue weighted by Gasteiger charge is -2.49. The van der Waals surface area contributed by atoms with E-state index in [1.165, 1.54) is 6.92 Å². The van der Waals surface area contributed by atoms with E-state index in [9.17, 15) is 9.90 Å². The van der Waals surface area contributed by atoms with Gasteiger partial charge >= 0.3 is 0 Å². The molecule has 1 aromatic rings. The number of rotatable bonds is 4. The molecule has 2 N–H and O–H groups in total. The normalized spacial score (nSPS) is 33.0. The third-order valence-corrected chi connectivity index (χ3v) is 4.35. The van der Waals surface area contributed by atoms with Crippen molar-refractivity contribution in [2.75, 3.05) is 13.7 Å². The van der Waals surface area contributed by atoms with Crippen molar-refractivity contribution in [1.29, 1.82) is 0 Å². The van der Waals surface area contributed by atoms with Gasteiger partial charge in [0.1, 0.15) is 35.9 Å². The largest absolute Gasteiger partial charge is 0.497 e. The number of ether oxygens (including phenoxy) is 5. The van der Waals surface area contributed by atoms with Crippen molar-refractivity contribution in [3.05, 3.63) is 24.3 Å². The molecule has 0 unspecified atom stereocenters. The van der Waals surface area contributed by atoms with E-state index in [0.717, 1.165) is 0 Å². The molecule has 2 fully saturated rings. The zero-order valence-corrected chi connectivity index (χ0v) is 15.3. The zero-order chi connectivity index (χ0) is 18.9. The van der Waals surface area contributed by atoms with Gasteiger partial charge in [-0.2, -0.15) is 0 Å². The molecule has 1 aromatic carbocycles. The fourth-order valence-electron chi connectivity index (χ4n) is 3.14. The predicted octanol–water partition coefficient (Wildman–Crippen LogP) is 0.816. The van der Waals surface area contributed by atoms with Gasteiger partial charge in [0.15, 0.2) is 5.79 Å². The van der Waals surface area contributed by atoms with E-state index < -0.39 is 36.4 Å². The van der Waals surface area contributed by atoms with Crippen molar-refractivity contribution in [2.45, 2.75) is 57.2 Å². The number of hydrogen-bond donors (Lipinski definition) is 2. The summed E-state index contributed by atoms with van der Waals surface area (Å²) in [4.78, 5) is 11.6. The number of carbonyl (C=O) groups is 1. The summed E-state index contributed by atoms with van der Waals surface area (Å²) in [5, 5.41) is 13.5. The van der Waals surface area contributed by atoms with Crippen LogP contribution in [-0.2, 0) is 19.0 Å². The molecular formula is C18H25NO7. The first-order valence-corrected chi connectivity index (χ1v) is 8.52. The Balaban J connectivity index is 1.81. The minimum atomic E-state index is -1.02. The molecule has 26 heavy (non-hydrogen) atoms. The minimum absolute atomic E-state index is 0.249. The first kappa shape index (κ1) is 18.9. The second-order valence-corrected chi connectivity index (χ2v) is 6.85. The van der Waals surface area contributed by atoms with Gasteiger partial charge in [0, 0.05) is 13.0 Å². The van der Waals surface area contributed by atoms with Crippen molar-refractivity contribution in [3.63, 3.8) is 0 Å². The molecule has 2 aliphatic rings. The third kappa shape index (κ3) is 4.09. The molecule has 2 saturated heterocycles. The molecule has 0 bridgehead atoms. The molecular weight excluding hydrogens is 342 g/mol. The van der Waals surface area contributed by atoms with Crippen LogP contribution in [0, 0.1) is 0 Å². The Morgan fingerprint density at radius 1 is 1.35 bits per heavy atom. The van der Waals surface area contributed by atoms with Crippen LogP contribution in [0.1, 0.15) is 20.8 Å². The van der Waals surface area contributed by atoms with E-state index in [2.05, 4.69) is 5.32 Å². The first-order chi connectivity index (χ1) is 12.3. The molecule has 5 atom stereocenters. The Morgan fingerprint density at radius 2 is 2.08 bits per heavy atom. The summed E-state index contributed by atoms with van der Waals surface area (Å²) in [5.41, 5.74) is 0. The van der Waals surface area contributed by atoms with Crippen molar-refractivity contribution in [3.8, 4) is 11.5 Å². The lowest BCUT2D eigenvalue weighted by Crippen LogP contribution is -2.69. The van der Waals surface area contributed by atoms with Crippen molar-refractivity contribution >= 4 is 5.91 Å². The second-order valence-electron chi connectivity index (χ2n) is 6.85. The summed E-state index contributed by atoms with van der Waals surface area (Å²) in [5.74, 6) is -0.0267. The predicted molar refractivity (Wildman–Crippen MR) is 90.8 cm³/mol. The SMILES string of the molecule is COc1cccc(O[C@@H]2O[C@@H]3COC(C)(C)O[C@@H]3[C@@H](O)[C@H]2NC(C)=O)c1. The molecule has 144 valence electrons. The Morgan fingerprint density at radius 3 is 2.77 bits per heavy atom. The van der Waals surface area contributed by atoms with E-state index in [1.807, 2.05) is 0 Å². The van der Waals surface area contributed by atoms with Gasteiger partial charge in [-0.1, -0.05) is 6.07 Å². The summed E-state index contributed by atoms with van der Waals surface area (Å²) in [6.07, 6.45) is -3.08. The van der Waals surface area contributed by atoms with Crippen molar-refractivity contribution in [1.82, 2.24) is 5.32 Å². The number of aliphatic hydroxyl groups excluding tert-OH is 1. The van der Waals surface area contributed by atoms with Gasteiger partial charge in [-0.25, -0.2) is 0 Å². The summed E-state index contributed by atoms with van der Waals surface area (Å²) < 4.78 is 28.5. The topological polar surface area (TPSA) is 95.5 Å². The average Bonchev–Trinajstić information content (AvgIpc) is 2.58. The summed E-state index contributed by atoms with van der Waals surface area (Å²) in [7, 11) is 1.56. The van der Waals surface area contributed by atoms with E-state index >= 15 is 0 Å². The van der Waals surface area contributed by atoms with Gasteiger partial charge < -0.3 is 34.1 Å². The average molecular weight is 367 g/mol. The van der Waals surface area contributed by atoms with Crippen LogP contribution in [-0.4, -0.2) is 61.2 Å². The monoisotopic (exact) mass is 367 g/mol. The second kappa shape index (κ2) is 7.40. The van der Waals surface area contributed by atoms with E-state index in [4.69, 9.17) is 23.7 Å². The smallest absolute Gasteiger partial charge is 0.223 e. The van der Waals surface area contributed by atoms with Crippen LogP contribution in [0.5, 0.6) is 11.5 Å². The van der Waals surface area contributed by atoms with Crippen molar-refractivity contribution < 1.29 is 33.6 Å². The molecule has 0 saturated carbocycles. The molecule has 3 rings (SSSR count). The Bertz CT molecular complexity index is 650. The van der Waals surface area contributed by atoms with Crippen LogP contribution >= 0.6 is 0 Å². The molecule has 8 nitrogen and oxygen atoms in total.